The average Bonchev–Trinajstić information content (AvgIpc) is 3.31. The van der Waals surface area contributed by atoms with E-state index in [1.54, 1.807) is 25.3 Å². The van der Waals surface area contributed by atoms with Crippen molar-refractivity contribution in [2.24, 2.45) is 5.73 Å². The monoisotopic (exact) mass is 482 g/mol. The minimum absolute atomic E-state index is 0.00700. The van der Waals surface area contributed by atoms with Crippen LogP contribution >= 0.6 is 0 Å². The van der Waals surface area contributed by atoms with Crippen molar-refractivity contribution in [3.63, 3.8) is 0 Å². The first-order valence-electron chi connectivity index (χ1n) is 11.3. The number of H-pyrrole nitrogens is 1. The molecule has 36 heavy (non-hydrogen) atoms. The zero-order chi connectivity index (χ0) is 25.2. The summed E-state index contributed by atoms with van der Waals surface area (Å²) in [5.41, 5.74) is 11.5. The average molecular weight is 483 g/mol. The molecule has 0 spiro atoms. The third-order valence-electron chi connectivity index (χ3n) is 6.11. The van der Waals surface area contributed by atoms with E-state index in [9.17, 15) is 9.65 Å². The Hall–Kier alpha value is -4.77. The summed E-state index contributed by atoms with van der Waals surface area (Å²) in [6.07, 6.45) is 0. The first kappa shape index (κ1) is 23.0. The smallest absolute Gasteiger partial charge is 0.244 e. The van der Waals surface area contributed by atoms with Crippen molar-refractivity contribution in [2.45, 2.75) is 19.4 Å². The molecule has 3 aromatic carbocycles. The Labute approximate surface area is 207 Å². The summed E-state index contributed by atoms with van der Waals surface area (Å²) in [6.45, 7) is 2.26. The highest BCUT2D eigenvalue weighted by molar-refractivity contribution is 5.71. The number of hydrogen-bond acceptors (Lipinski definition) is 6. The molecule has 1 aliphatic heterocycles. The molecule has 3 N–H and O–H groups in total. The van der Waals surface area contributed by atoms with Crippen molar-refractivity contribution in [3.05, 3.63) is 106 Å². The van der Waals surface area contributed by atoms with E-state index in [4.69, 9.17) is 19.9 Å². The SMILES string of the molecule is COc1cc([C@H]2C(C#N)=C(N)Oc3n[nH]c(-c4ccc(C)cc4)c32)ccc1OCc1ccc(F)cc1. The van der Waals surface area contributed by atoms with Gasteiger partial charge in [-0.15, -0.1) is 5.10 Å². The maximum Gasteiger partial charge on any atom is 0.244 e. The van der Waals surface area contributed by atoms with E-state index in [-0.39, 0.29) is 23.9 Å². The van der Waals surface area contributed by atoms with Crippen molar-refractivity contribution < 1.29 is 18.6 Å². The molecule has 8 heteroatoms. The fourth-order valence-corrected chi connectivity index (χ4v) is 4.24. The van der Waals surface area contributed by atoms with Crippen molar-refractivity contribution in [2.75, 3.05) is 7.11 Å². The molecule has 2 heterocycles. The molecule has 0 unspecified atom stereocenters. The Morgan fingerprint density at radius 1 is 1.08 bits per heavy atom. The number of aryl methyl sites for hydroxylation is 1. The third-order valence-corrected chi connectivity index (χ3v) is 6.11. The number of rotatable bonds is 6. The summed E-state index contributed by atoms with van der Waals surface area (Å²) in [5, 5.41) is 17.4. The zero-order valence-corrected chi connectivity index (χ0v) is 19.7. The summed E-state index contributed by atoms with van der Waals surface area (Å²) in [5.74, 6) is 0.489. The molecule has 1 atom stereocenters. The molecule has 0 bridgehead atoms. The number of nitrogens with zero attached hydrogens (tertiary/aromatic N) is 2. The molecule has 1 aliphatic rings. The van der Waals surface area contributed by atoms with Crippen LogP contribution in [0.2, 0.25) is 0 Å². The fourth-order valence-electron chi connectivity index (χ4n) is 4.24. The number of nitriles is 1. The van der Waals surface area contributed by atoms with Crippen LogP contribution in [0.4, 0.5) is 4.39 Å². The highest BCUT2D eigenvalue weighted by Crippen LogP contribution is 2.47. The number of aromatic nitrogens is 2. The maximum absolute atomic E-state index is 13.2. The Bertz CT molecular complexity index is 1480. The lowest BCUT2D eigenvalue weighted by Gasteiger charge is -2.25. The standard InChI is InChI=1S/C28H23FN4O3/c1-16-3-7-18(8-4-16)26-25-24(21(14-30)27(31)36-28(25)33-32-26)19-9-12-22(23(13-19)34-2)35-15-17-5-10-20(29)11-6-17/h3-13,24H,15,31H2,1-2H3,(H,32,33)/t24-/m0/s1. The minimum atomic E-state index is -0.533. The highest BCUT2D eigenvalue weighted by atomic mass is 19.1. The van der Waals surface area contributed by atoms with Crippen LogP contribution in [0.3, 0.4) is 0 Å². The van der Waals surface area contributed by atoms with Gasteiger partial charge in [0.05, 0.1) is 24.3 Å². The van der Waals surface area contributed by atoms with Crippen LogP contribution in [0.15, 0.2) is 78.2 Å². The molecular formula is C28H23FN4O3. The van der Waals surface area contributed by atoms with Gasteiger partial charge in [-0.25, -0.2) is 4.39 Å². The number of hydrogen-bond donors (Lipinski definition) is 2. The van der Waals surface area contributed by atoms with E-state index in [2.05, 4.69) is 16.3 Å². The summed E-state index contributed by atoms with van der Waals surface area (Å²) < 4.78 is 30.4. The van der Waals surface area contributed by atoms with E-state index in [0.717, 1.165) is 27.9 Å². The lowest BCUT2D eigenvalue weighted by Crippen LogP contribution is -2.21. The van der Waals surface area contributed by atoms with E-state index in [1.807, 2.05) is 43.3 Å². The molecule has 0 fully saturated rings. The number of halogens is 1. The summed E-state index contributed by atoms with van der Waals surface area (Å²) in [4.78, 5) is 0. The molecule has 5 rings (SSSR count). The Kier molecular flexibility index (Phi) is 6.05. The van der Waals surface area contributed by atoms with E-state index < -0.39 is 5.92 Å². The first-order valence-corrected chi connectivity index (χ1v) is 11.3. The number of aromatic amines is 1. The highest BCUT2D eigenvalue weighted by Gasteiger charge is 2.36. The van der Waals surface area contributed by atoms with Crippen molar-refractivity contribution >= 4 is 0 Å². The molecular weight excluding hydrogens is 459 g/mol. The molecule has 4 aromatic rings. The van der Waals surface area contributed by atoms with Crippen LogP contribution in [0.1, 0.15) is 28.2 Å². The number of benzene rings is 3. The second-order valence-electron chi connectivity index (χ2n) is 8.43. The predicted octanol–water partition coefficient (Wildman–Crippen LogP) is 5.33. The fraction of sp³-hybridized carbons (Fsp3) is 0.143. The van der Waals surface area contributed by atoms with Gasteiger partial charge in [-0.1, -0.05) is 48.0 Å². The second kappa shape index (κ2) is 9.47. The van der Waals surface area contributed by atoms with Crippen molar-refractivity contribution in [1.29, 1.82) is 5.26 Å². The van der Waals surface area contributed by atoms with E-state index >= 15 is 0 Å². The van der Waals surface area contributed by atoms with Gasteiger partial charge in [0, 0.05) is 5.56 Å². The molecule has 180 valence electrons. The van der Waals surface area contributed by atoms with Gasteiger partial charge in [-0.2, -0.15) is 5.26 Å². The van der Waals surface area contributed by atoms with Gasteiger partial charge in [-0.3, -0.25) is 5.10 Å². The lowest BCUT2D eigenvalue weighted by atomic mass is 9.83. The topological polar surface area (TPSA) is 106 Å². The Morgan fingerprint density at radius 2 is 1.83 bits per heavy atom. The van der Waals surface area contributed by atoms with Crippen LogP contribution in [-0.4, -0.2) is 17.3 Å². The maximum atomic E-state index is 13.2. The first-order chi connectivity index (χ1) is 17.5. The van der Waals surface area contributed by atoms with Crippen molar-refractivity contribution in [3.8, 4) is 34.7 Å². The van der Waals surface area contributed by atoms with Gasteiger partial charge in [0.2, 0.25) is 11.8 Å². The third kappa shape index (κ3) is 4.23. The molecule has 7 nitrogen and oxygen atoms in total. The minimum Gasteiger partial charge on any atom is -0.493 e. The van der Waals surface area contributed by atoms with Gasteiger partial charge in [0.25, 0.3) is 0 Å². The molecule has 0 amide bonds. The van der Waals surface area contributed by atoms with E-state index in [1.165, 1.54) is 12.1 Å². The normalized spacial score (nSPS) is 14.6. The van der Waals surface area contributed by atoms with Crippen LogP contribution in [0.25, 0.3) is 11.3 Å². The quantitative estimate of drug-likeness (QED) is 0.385. The molecule has 0 saturated carbocycles. The molecule has 0 aliphatic carbocycles. The van der Waals surface area contributed by atoms with Gasteiger partial charge >= 0.3 is 0 Å². The van der Waals surface area contributed by atoms with Gasteiger partial charge < -0.3 is 19.9 Å². The van der Waals surface area contributed by atoms with Crippen LogP contribution in [0, 0.1) is 24.1 Å². The Balaban J connectivity index is 1.54. The Morgan fingerprint density at radius 3 is 2.53 bits per heavy atom. The number of nitrogens with one attached hydrogen (secondary N) is 1. The van der Waals surface area contributed by atoms with Crippen LogP contribution < -0.4 is 19.9 Å². The zero-order valence-electron chi connectivity index (χ0n) is 19.7. The molecule has 1 aromatic heterocycles. The molecule has 0 radical (unpaired) electrons. The summed E-state index contributed by atoms with van der Waals surface area (Å²) in [7, 11) is 1.55. The predicted molar refractivity (Wildman–Crippen MR) is 132 cm³/mol. The van der Waals surface area contributed by atoms with Crippen LogP contribution in [-0.2, 0) is 6.61 Å². The lowest BCUT2D eigenvalue weighted by molar-refractivity contribution is 0.284. The summed E-state index contributed by atoms with van der Waals surface area (Å²) in [6, 6.07) is 21.8. The van der Waals surface area contributed by atoms with Gasteiger partial charge in [0.1, 0.15) is 24.1 Å². The summed E-state index contributed by atoms with van der Waals surface area (Å²) >= 11 is 0. The second-order valence-corrected chi connectivity index (χ2v) is 8.43. The van der Waals surface area contributed by atoms with Gasteiger partial charge in [0.15, 0.2) is 11.5 Å². The number of nitrogens with two attached hydrogens (primary N) is 1. The van der Waals surface area contributed by atoms with E-state index in [0.29, 0.717) is 22.9 Å². The van der Waals surface area contributed by atoms with Gasteiger partial charge in [-0.05, 0) is 42.3 Å². The number of fused-ring (bicyclic) bond motifs is 1. The number of allylic oxidation sites excluding steroid dienone is 1. The van der Waals surface area contributed by atoms with Crippen LogP contribution in [0.5, 0.6) is 17.4 Å². The molecule has 0 saturated heterocycles. The largest absolute Gasteiger partial charge is 0.493 e. The number of methoxy groups -OCH3 is 1. The number of ether oxygens (including phenoxy) is 3. The van der Waals surface area contributed by atoms with Crippen molar-refractivity contribution in [1.82, 2.24) is 10.2 Å².